The van der Waals surface area contributed by atoms with Crippen LogP contribution in [0, 0.1) is 0 Å². The molecule has 0 aliphatic carbocycles. The Hall–Kier alpha value is -2.49. The Morgan fingerprint density at radius 1 is 0.864 bits per heavy atom. The Kier molecular flexibility index (Phi) is 4.92. The molecule has 0 spiro atoms. The van der Waals surface area contributed by atoms with Gasteiger partial charge in [-0.05, 0) is 42.8 Å². The van der Waals surface area contributed by atoms with E-state index in [2.05, 4.69) is 10.3 Å². The Morgan fingerprint density at radius 3 is 2.18 bits per heavy atom. The molecule has 0 unspecified atom stereocenters. The highest BCUT2D eigenvalue weighted by molar-refractivity contribution is 5.99. The smallest absolute Gasteiger partial charge is 0.128 e. The first-order chi connectivity index (χ1) is 10.9. The van der Waals surface area contributed by atoms with Crippen LogP contribution in [-0.2, 0) is 0 Å². The van der Waals surface area contributed by atoms with Gasteiger partial charge in [0.05, 0.1) is 0 Å². The van der Waals surface area contributed by atoms with Gasteiger partial charge in [0, 0.05) is 18.7 Å². The van der Waals surface area contributed by atoms with E-state index in [1.807, 2.05) is 54.6 Å². The van der Waals surface area contributed by atoms with Gasteiger partial charge in [-0.1, -0.05) is 18.2 Å². The maximum Gasteiger partial charge on any atom is 0.128 e. The number of hydrogen-bond donors (Lipinski definition) is 1. The first-order valence-electron chi connectivity index (χ1n) is 7.61. The van der Waals surface area contributed by atoms with Crippen molar-refractivity contribution in [1.82, 2.24) is 5.32 Å². The van der Waals surface area contributed by atoms with Crippen LogP contribution in [0.3, 0.4) is 0 Å². The average molecular weight is 296 g/mol. The molecule has 0 radical (unpaired) electrons. The molecular formula is C18H20N2O2. The lowest BCUT2D eigenvalue weighted by molar-refractivity contribution is 0.217. The molecule has 1 heterocycles. The van der Waals surface area contributed by atoms with Crippen molar-refractivity contribution < 1.29 is 9.47 Å². The minimum atomic E-state index is 0.521. The second-order valence-electron chi connectivity index (χ2n) is 5.05. The average Bonchev–Trinajstić information content (AvgIpc) is 2.61. The second kappa shape index (κ2) is 7.50. The van der Waals surface area contributed by atoms with Gasteiger partial charge in [-0.25, -0.2) is 0 Å². The summed E-state index contributed by atoms with van der Waals surface area (Å²) < 4.78 is 11.3. The molecule has 0 saturated heterocycles. The molecular weight excluding hydrogens is 276 g/mol. The van der Waals surface area contributed by atoms with E-state index in [9.17, 15) is 0 Å². The number of amidine groups is 1. The van der Waals surface area contributed by atoms with Crippen molar-refractivity contribution in [2.45, 2.75) is 6.42 Å². The van der Waals surface area contributed by atoms with Crippen LogP contribution in [0.4, 0.5) is 0 Å². The number of para-hydroxylation sites is 1. The third kappa shape index (κ3) is 4.01. The number of nitrogens with zero attached hydrogens (tertiary/aromatic N) is 1. The molecule has 22 heavy (non-hydrogen) atoms. The fourth-order valence-electron chi connectivity index (χ4n) is 2.27. The van der Waals surface area contributed by atoms with Gasteiger partial charge in [0.2, 0.25) is 0 Å². The van der Waals surface area contributed by atoms with Crippen molar-refractivity contribution in [3.05, 3.63) is 60.2 Å². The number of nitrogens with one attached hydrogen (secondary N) is 1. The van der Waals surface area contributed by atoms with Crippen molar-refractivity contribution in [2.24, 2.45) is 4.99 Å². The minimum absolute atomic E-state index is 0.521. The summed E-state index contributed by atoms with van der Waals surface area (Å²) in [6, 6.07) is 17.8. The number of ether oxygens (including phenoxy) is 2. The van der Waals surface area contributed by atoms with Gasteiger partial charge in [0.15, 0.2) is 0 Å². The highest BCUT2D eigenvalue weighted by Gasteiger charge is 2.06. The second-order valence-corrected chi connectivity index (χ2v) is 5.05. The normalized spacial score (nSPS) is 13.9. The summed E-state index contributed by atoms with van der Waals surface area (Å²) in [5.41, 5.74) is 1.10. The summed E-state index contributed by atoms with van der Waals surface area (Å²) in [6.07, 6.45) is 1.10. The summed E-state index contributed by atoms with van der Waals surface area (Å²) >= 11 is 0. The Morgan fingerprint density at radius 2 is 1.55 bits per heavy atom. The molecule has 0 aromatic heterocycles. The zero-order valence-electron chi connectivity index (χ0n) is 12.5. The first-order valence-corrected chi connectivity index (χ1v) is 7.61. The SMILES string of the molecule is c1ccc(OCCOc2ccc(C3=NCCCN3)cc2)cc1. The fraction of sp³-hybridized carbons (Fsp3) is 0.278. The van der Waals surface area contributed by atoms with E-state index in [1.165, 1.54) is 0 Å². The zero-order chi connectivity index (χ0) is 15.0. The lowest BCUT2D eigenvalue weighted by atomic mass is 10.2. The first kappa shape index (κ1) is 14.4. The van der Waals surface area contributed by atoms with E-state index in [0.717, 1.165) is 42.4 Å². The molecule has 0 amide bonds. The quantitative estimate of drug-likeness (QED) is 0.834. The summed E-state index contributed by atoms with van der Waals surface area (Å²) in [5.74, 6) is 2.69. The number of rotatable bonds is 6. The minimum Gasteiger partial charge on any atom is -0.490 e. The molecule has 0 atom stereocenters. The van der Waals surface area contributed by atoms with Crippen LogP contribution in [0.1, 0.15) is 12.0 Å². The Balaban J connectivity index is 1.46. The van der Waals surface area contributed by atoms with Gasteiger partial charge >= 0.3 is 0 Å². The van der Waals surface area contributed by atoms with Crippen LogP contribution >= 0.6 is 0 Å². The maximum absolute atomic E-state index is 5.68. The van der Waals surface area contributed by atoms with Crippen molar-refractivity contribution in [3.8, 4) is 11.5 Å². The van der Waals surface area contributed by atoms with Crippen molar-refractivity contribution in [2.75, 3.05) is 26.3 Å². The summed E-state index contributed by atoms with van der Waals surface area (Å²) in [7, 11) is 0. The maximum atomic E-state index is 5.68. The number of aliphatic imine (C=N–C) groups is 1. The van der Waals surface area contributed by atoms with Crippen LogP contribution in [0.25, 0.3) is 0 Å². The third-order valence-corrected chi connectivity index (χ3v) is 3.39. The van der Waals surface area contributed by atoms with Gasteiger partial charge in [-0.3, -0.25) is 4.99 Å². The molecule has 0 saturated carbocycles. The zero-order valence-corrected chi connectivity index (χ0v) is 12.5. The molecule has 114 valence electrons. The lowest BCUT2D eigenvalue weighted by Crippen LogP contribution is -2.30. The summed E-state index contributed by atoms with van der Waals surface area (Å²) in [5, 5.41) is 3.31. The van der Waals surface area contributed by atoms with E-state index in [-0.39, 0.29) is 0 Å². The predicted octanol–water partition coefficient (Wildman–Crippen LogP) is 2.88. The summed E-state index contributed by atoms with van der Waals surface area (Å²) in [4.78, 5) is 4.48. The molecule has 1 N–H and O–H groups in total. The van der Waals surface area contributed by atoms with E-state index in [1.54, 1.807) is 0 Å². The van der Waals surface area contributed by atoms with Gasteiger partial charge in [0.1, 0.15) is 30.5 Å². The fourth-order valence-corrected chi connectivity index (χ4v) is 2.27. The van der Waals surface area contributed by atoms with Gasteiger partial charge < -0.3 is 14.8 Å². The van der Waals surface area contributed by atoms with Crippen molar-refractivity contribution in [3.63, 3.8) is 0 Å². The van der Waals surface area contributed by atoms with E-state index in [4.69, 9.17) is 9.47 Å². The van der Waals surface area contributed by atoms with Crippen molar-refractivity contribution in [1.29, 1.82) is 0 Å². The highest BCUT2D eigenvalue weighted by atomic mass is 16.5. The topological polar surface area (TPSA) is 42.9 Å². The molecule has 4 nitrogen and oxygen atoms in total. The van der Waals surface area contributed by atoms with Gasteiger partial charge in [-0.2, -0.15) is 0 Å². The molecule has 0 bridgehead atoms. The molecule has 2 aromatic rings. The predicted molar refractivity (Wildman–Crippen MR) is 87.9 cm³/mol. The van der Waals surface area contributed by atoms with Crippen LogP contribution in [0.5, 0.6) is 11.5 Å². The lowest BCUT2D eigenvalue weighted by Gasteiger charge is -2.15. The molecule has 2 aromatic carbocycles. The summed E-state index contributed by atoms with van der Waals surface area (Å²) in [6.45, 7) is 2.94. The molecule has 3 rings (SSSR count). The van der Waals surface area contributed by atoms with Crippen LogP contribution in [0.2, 0.25) is 0 Å². The van der Waals surface area contributed by atoms with Gasteiger partial charge in [-0.15, -0.1) is 0 Å². The highest BCUT2D eigenvalue weighted by Crippen LogP contribution is 2.14. The van der Waals surface area contributed by atoms with E-state index in [0.29, 0.717) is 13.2 Å². The molecule has 0 fully saturated rings. The number of benzene rings is 2. The number of hydrogen-bond acceptors (Lipinski definition) is 4. The monoisotopic (exact) mass is 296 g/mol. The Labute approximate surface area is 130 Å². The van der Waals surface area contributed by atoms with Gasteiger partial charge in [0.25, 0.3) is 0 Å². The van der Waals surface area contributed by atoms with E-state index >= 15 is 0 Å². The van der Waals surface area contributed by atoms with Crippen molar-refractivity contribution >= 4 is 5.84 Å². The third-order valence-electron chi connectivity index (χ3n) is 3.39. The van der Waals surface area contributed by atoms with Crippen LogP contribution < -0.4 is 14.8 Å². The van der Waals surface area contributed by atoms with Crippen LogP contribution in [0.15, 0.2) is 59.6 Å². The molecule has 1 aliphatic heterocycles. The molecule has 4 heteroatoms. The Bertz CT molecular complexity index is 609. The molecule has 1 aliphatic rings. The largest absolute Gasteiger partial charge is 0.490 e. The standard InChI is InChI=1S/C18H20N2O2/c1-2-5-16(6-3-1)21-13-14-22-17-9-7-15(8-10-17)18-19-11-4-12-20-18/h1-3,5-10H,4,11-14H2,(H,19,20). The van der Waals surface area contributed by atoms with E-state index < -0.39 is 0 Å². The van der Waals surface area contributed by atoms with Crippen LogP contribution in [-0.4, -0.2) is 32.1 Å².